The van der Waals surface area contributed by atoms with Gasteiger partial charge in [0.25, 0.3) is 5.56 Å². The van der Waals surface area contributed by atoms with Crippen LogP contribution in [-0.4, -0.2) is 38.3 Å². The van der Waals surface area contributed by atoms with Gasteiger partial charge in [0.15, 0.2) is 10.6 Å². The van der Waals surface area contributed by atoms with Crippen molar-refractivity contribution in [2.24, 2.45) is 7.05 Å². The van der Waals surface area contributed by atoms with Crippen LogP contribution in [0.2, 0.25) is 0 Å². The maximum absolute atomic E-state index is 12.3. The van der Waals surface area contributed by atoms with Gasteiger partial charge in [-0.15, -0.1) is 0 Å². The summed E-state index contributed by atoms with van der Waals surface area (Å²) in [6.45, 7) is 5.07. The standard InChI is InChI=1S/C13H19N5O2S/c1-8(2)10-7-9(12(19)17(3)16-10)11-14-15-13(21)18(11)5-6-20-4/h7-8H,5-6H2,1-4H3,(H,15,21). The van der Waals surface area contributed by atoms with E-state index in [9.17, 15) is 4.79 Å². The molecule has 0 amide bonds. The molecule has 0 saturated carbocycles. The smallest absolute Gasteiger partial charge is 0.277 e. The quantitative estimate of drug-likeness (QED) is 0.846. The van der Waals surface area contributed by atoms with E-state index in [0.29, 0.717) is 29.3 Å². The Morgan fingerprint density at radius 3 is 2.81 bits per heavy atom. The molecule has 0 aliphatic rings. The van der Waals surface area contributed by atoms with Crippen molar-refractivity contribution in [2.75, 3.05) is 13.7 Å². The number of aromatic amines is 1. The van der Waals surface area contributed by atoms with Crippen molar-refractivity contribution < 1.29 is 4.74 Å². The number of nitrogens with one attached hydrogen (secondary N) is 1. The van der Waals surface area contributed by atoms with Gasteiger partial charge in [-0.05, 0) is 24.2 Å². The average Bonchev–Trinajstić information content (AvgIpc) is 2.80. The number of hydrogen-bond acceptors (Lipinski definition) is 5. The van der Waals surface area contributed by atoms with Crippen molar-refractivity contribution >= 4 is 12.2 Å². The van der Waals surface area contributed by atoms with Crippen molar-refractivity contribution in [3.8, 4) is 11.4 Å². The van der Waals surface area contributed by atoms with Crippen molar-refractivity contribution in [3.05, 3.63) is 26.9 Å². The van der Waals surface area contributed by atoms with Crippen molar-refractivity contribution in [3.63, 3.8) is 0 Å². The minimum Gasteiger partial charge on any atom is -0.383 e. The molecule has 7 nitrogen and oxygen atoms in total. The third-order valence-electron chi connectivity index (χ3n) is 3.19. The first-order valence-corrected chi connectivity index (χ1v) is 7.09. The predicted molar refractivity (Wildman–Crippen MR) is 81.8 cm³/mol. The first-order valence-electron chi connectivity index (χ1n) is 6.68. The van der Waals surface area contributed by atoms with E-state index < -0.39 is 0 Å². The van der Waals surface area contributed by atoms with E-state index in [1.165, 1.54) is 4.68 Å². The lowest BCUT2D eigenvalue weighted by atomic mass is 10.1. The van der Waals surface area contributed by atoms with Gasteiger partial charge in [-0.2, -0.15) is 10.2 Å². The number of H-pyrrole nitrogens is 1. The molecule has 8 heteroatoms. The fourth-order valence-electron chi connectivity index (χ4n) is 1.99. The molecule has 2 aromatic heterocycles. The lowest BCUT2D eigenvalue weighted by Gasteiger charge is -2.10. The second-order valence-corrected chi connectivity index (χ2v) is 5.45. The zero-order chi connectivity index (χ0) is 15.6. The molecular formula is C13H19N5O2S. The van der Waals surface area contributed by atoms with Gasteiger partial charge in [0.1, 0.15) is 0 Å². The Hall–Kier alpha value is -1.80. The third-order valence-corrected chi connectivity index (χ3v) is 3.50. The van der Waals surface area contributed by atoms with Crippen molar-refractivity contribution in [2.45, 2.75) is 26.3 Å². The van der Waals surface area contributed by atoms with E-state index in [0.717, 1.165) is 5.69 Å². The summed E-state index contributed by atoms with van der Waals surface area (Å²) >= 11 is 5.21. The van der Waals surface area contributed by atoms with Crippen molar-refractivity contribution in [1.82, 2.24) is 24.5 Å². The Balaban J connectivity index is 2.62. The Morgan fingerprint density at radius 1 is 1.48 bits per heavy atom. The molecule has 0 unspecified atom stereocenters. The van der Waals surface area contributed by atoms with Gasteiger partial charge in [0.05, 0.1) is 24.4 Å². The van der Waals surface area contributed by atoms with Gasteiger partial charge >= 0.3 is 0 Å². The van der Waals surface area contributed by atoms with E-state index >= 15 is 0 Å². The maximum Gasteiger partial charge on any atom is 0.277 e. The number of aromatic nitrogens is 5. The summed E-state index contributed by atoms with van der Waals surface area (Å²) in [5.74, 6) is 0.729. The largest absolute Gasteiger partial charge is 0.383 e. The monoisotopic (exact) mass is 309 g/mol. The van der Waals surface area contributed by atoms with E-state index in [2.05, 4.69) is 15.3 Å². The highest BCUT2D eigenvalue weighted by Crippen LogP contribution is 2.17. The fourth-order valence-corrected chi connectivity index (χ4v) is 2.21. The molecule has 114 valence electrons. The molecule has 2 rings (SSSR count). The van der Waals surface area contributed by atoms with E-state index in [-0.39, 0.29) is 11.5 Å². The zero-order valence-corrected chi connectivity index (χ0v) is 13.4. The molecule has 0 radical (unpaired) electrons. The fraction of sp³-hybridized carbons (Fsp3) is 0.538. The van der Waals surface area contributed by atoms with Gasteiger partial charge < -0.3 is 4.74 Å². The molecule has 0 saturated heterocycles. The number of methoxy groups -OCH3 is 1. The normalized spacial score (nSPS) is 11.3. The van der Waals surface area contributed by atoms with Crippen LogP contribution in [0.25, 0.3) is 11.4 Å². The summed E-state index contributed by atoms with van der Waals surface area (Å²) < 4.78 is 8.64. The summed E-state index contributed by atoms with van der Waals surface area (Å²) in [6, 6.07) is 1.78. The Morgan fingerprint density at radius 2 is 2.19 bits per heavy atom. The average molecular weight is 309 g/mol. The second kappa shape index (κ2) is 6.31. The van der Waals surface area contributed by atoms with E-state index in [4.69, 9.17) is 17.0 Å². The zero-order valence-electron chi connectivity index (χ0n) is 12.6. The lowest BCUT2D eigenvalue weighted by Crippen LogP contribution is -2.24. The van der Waals surface area contributed by atoms with Gasteiger partial charge in [-0.3, -0.25) is 14.5 Å². The number of nitrogens with zero attached hydrogens (tertiary/aromatic N) is 4. The van der Waals surface area contributed by atoms with Gasteiger partial charge in [-0.25, -0.2) is 4.68 Å². The highest BCUT2D eigenvalue weighted by molar-refractivity contribution is 7.71. The Kier molecular flexibility index (Phi) is 4.69. The number of ether oxygens (including phenoxy) is 1. The molecule has 0 aliphatic carbocycles. The van der Waals surface area contributed by atoms with E-state index in [1.54, 1.807) is 24.8 Å². The molecule has 1 N–H and O–H groups in total. The minimum atomic E-state index is -0.202. The predicted octanol–water partition coefficient (Wildman–Crippen LogP) is 1.47. The van der Waals surface area contributed by atoms with Crippen LogP contribution in [0.1, 0.15) is 25.5 Å². The molecule has 0 spiro atoms. The number of rotatable bonds is 5. The minimum absolute atomic E-state index is 0.202. The van der Waals surface area contributed by atoms with Gasteiger partial charge in [-0.1, -0.05) is 13.8 Å². The molecule has 0 aliphatic heterocycles. The SMILES string of the molecule is COCCn1c(-c2cc(C(C)C)nn(C)c2=O)n[nH]c1=S. The van der Waals surface area contributed by atoms with Crippen LogP contribution < -0.4 is 5.56 Å². The van der Waals surface area contributed by atoms with Crippen LogP contribution in [0.3, 0.4) is 0 Å². The van der Waals surface area contributed by atoms with Crippen LogP contribution in [-0.2, 0) is 18.3 Å². The van der Waals surface area contributed by atoms with Crippen LogP contribution in [0.15, 0.2) is 10.9 Å². The molecule has 0 aromatic carbocycles. The molecule has 0 fully saturated rings. The van der Waals surface area contributed by atoms with Gasteiger partial charge in [0, 0.05) is 14.2 Å². The highest BCUT2D eigenvalue weighted by atomic mass is 32.1. The van der Waals surface area contributed by atoms with Crippen LogP contribution >= 0.6 is 12.2 Å². The molecule has 21 heavy (non-hydrogen) atoms. The van der Waals surface area contributed by atoms with E-state index in [1.807, 2.05) is 13.8 Å². The first kappa shape index (κ1) is 15.6. The lowest BCUT2D eigenvalue weighted by molar-refractivity contribution is 0.187. The summed E-state index contributed by atoms with van der Waals surface area (Å²) in [5.41, 5.74) is 1.12. The molecule has 2 heterocycles. The van der Waals surface area contributed by atoms with Crippen LogP contribution in [0.4, 0.5) is 0 Å². The Labute approximate surface area is 127 Å². The van der Waals surface area contributed by atoms with Crippen LogP contribution in [0, 0.1) is 4.77 Å². The molecule has 0 atom stereocenters. The molecule has 2 aromatic rings. The third kappa shape index (κ3) is 3.11. The maximum atomic E-state index is 12.3. The summed E-state index contributed by atoms with van der Waals surface area (Å²) in [6.07, 6.45) is 0. The summed E-state index contributed by atoms with van der Waals surface area (Å²) in [5, 5.41) is 11.2. The molecular weight excluding hydrogens is 290 g/mol. The molecule has 0 bridgehead atoms. The van der Waals surface area contributed by atoms with Crippen molar-refractivity contribution in [1.29, 1.82) is 0 Å². The second-order valence-electron chi connectivity index (χ2n) is 5.06. The summed E-state index contributed by atoms with van der Waals surface area (Å²) in [7, 11) is 3.25. The highest BCUT2D eigenvalue weighted by Gasteiger charge is 2.16. The number of aryl methyl sites for hydroxylation is 1. The first-order chi connectivity index (χ1) is 9.95. The Bertz CT molecular complexity index is 744. The summed E-state index contributed by atoms with van der Waals surface area (Å²) in [4.78, 5) is 12.3. The number of hydrogen-bond donors (Lipinski definition) is 1. The van der Waals surface area contributed by atoms with Crippen LogP contribution in [0.5, 0.6) is 0 Å². The topological polar surface area (TPSA) is 77.7 Å². The van der Waals surface area contributed by atoms with Gasteiger partial charge in [0.2, 0.25) is 0 Å².